The van der Waals surface area contributed by atoms with Gasteiger partial charge in [-0.1, -0.05) is 17.7 Å². The summed E-state index contributed by atoms with van der Waals surface area (Å²) in [5.74, 6) is 1.60. The van der Waals surface area contributed by atoms with Gasteiger partial charge in [0.1, 0.15) is 17.8 Å². The van der Waals surface area contributed by atoms with Crippen LogP contribution in [-0.4, -0.2) is 19.5 Å². The molecule has 0 saturated carbocycles. The molecule has 0 radical (unpaired) electrons. The molecule has 0 bridgehead atoms. The van der Waals surface area contributed by atoms with Crippen molar-refractivity contribution < 1.29 is 14.3 Å². The lowest BCUT2D eigenvalue weighted by Gasteiger charge is -2.09. The Morgan fingerprint density at radius 2 is 1.76 bits per heavy atom. The van der Waals surface area contributed by atoms with Gasteiger partial charge in [0.05, 0.1) is 17.7 Å². The second kappa shape index (κ2) is 7.84. The van der Waals surface area contributed by atoms with Crippen LogP contribution < -0.4 is 9.47 Å². The van der Waals surface area contributed by atoms with E-state index < -0.39 is 0 Å². The highest BCUT2D eigenvalue weighted by atomic mass is 79.9. The minimum atomic E-state index is 0.560. The molecule has 21 heavy (non-hydrogen) atoms. The summed E-state index contributed by atoms with van der Waals surface area (Å²) in [7, 11) is 0. The summed E-state index contributed by atoms with van der Waals surface area (Å²) in [6.07, 6.45) is 1.60. The highest BCUT2D eigenvalue weighted by Gasteiger charge is 2.02. The van der Waals surface area contributed by atoms with Gasteiger partial charge in [0.15, 0.2) is 0 Å². The minimum Gasteiger partial charge on any atom is -0.493 e. The van der Waals surface area contributed by atoms with Crippen molar-refractivity contribution in [2.45, 2.75) is 13.3 Å². The lowest BCUT2D eigenvalue weighted by molar-refractivity contribution is 0.112. The van der Waals surface area contributed by atoms with Gasteiger partial charge in [0.25, 0.3) is 0 Å². The molecule has 0 atom stereocenters. The van der Waals surface area contributed by atoms with Crippen molar-refractivity contribution in [2.24, 2.45) is 0 Å². The molecule has 0 amide bonds. The molecule has 0 saturated heterocycles. The van der Waals surface area contributed by atoms with Crippen molar-refractivity contribution in [1.29, 1.82) is 0 Å². The first-order chi connectivity index (χ1) is 10.2. The number of carbonyl (C=O) groups excluding carboxylic acids is 1. The van der Waals surface area contributed by atoms with Gasteiger partial charge in [-0.05, 0) is 53.2 Å². The van der Waals surface area contributed by atoms with Crippen molar-refractivity contribution in [2.75, 3.05) is 13.2 Å². The Bertz CT molecular complexity index is 593. The van der Waals surface area contributed by atoms with Gasteiger partial charge in [0.2, 0.25) is 0 Å². The second-order valence-electron chi connectivity index (χ2n) is 4.67. The van der Waals surface area contributed by atoms with Gasteiger partial charge in [-0.15, -0.1) is 0 Å². The minimum absolute atomic E-state index is 0.560. The number of ether oxygens (including phenoxy) is 2. The number of carbonyl (C=O) groups is 1. The number of hydrogen-bond acceptors (Lipinski definition) is 3. The molecule has 0 aliphatic heterocycles. The molecule has 0 aliphatic rings. The third-order valence-electron chi connectivity index (χ3n) is 2.93. The van der Waals surface area contributed by atoms with E-state index in [1.165, 1.54) is 5.56 Å². The lowest BCUT2D eigenvalue weighted by Crippen LogP contribution is -2.05. The zero-order valence-corrected chi connectivity index (χ0v) is 13.4. The van der Waals surface area contributed by atoms with Crippen LogP contribution in [0.4, 0.5) is 0 Å². The molecular weight excluding hydrogens is 332 g/mol. The fourth-order valence-corrected chi connectivity index (χ4v) is 2.28. The van der Waals surface area contributed by atoms with Crippen LogP contribution in [-0.2, 0) is 0 Å². The van der Waals surface area contributed by atoms with Gasteiger partial charge >= 0.3 is 0 Å². The zero-order chi connectivity index (χ0) is 15.1. The largest absolute Gasteiger partial charge is 0.493 e. The van der Waals surface area contributed by atoms with E-state index in [9.17, 15) is 4.79 Å². The predicted molar refractivity (Wildman–Crippen MR) is 86.3 cm³/mol. The molecule has 0 aliphatic carbocycles. The Morgan fingerprint density at radius 3 is 2.43 bits per heavy atom. The third kappa shape index (κ3) is 4.90. The fourth-order valence-electron chi connectivity index (χ4n) is 1.77. The number of benzene rings is 2. The first-order valence-electron chi connectivity index (χ1n) is 6.76. The van der Waals surface area contributed by atoms with Gasteiger partial charge in [0, 0.05) is 12.0 Å². The third-order valence-corrected chi connectivity index (χ3v) is 3.55. The van der Waals surface area contributed by atoms with E-state index in [1.54, 1.807) is 18.2 Å². The SMILES string of the molecule is Cc1ccc(OCCCOc2ccc(C=O)cc2Br)cc1. The molecule has 2 aromatic rings. The van der Waals surface area contributed by atoms with Crippen LogP contribution in [0.15, 0.2) is 46.9 Å². The number of hydrogen-bond donors (Lipinski definition) is 0. The Kier molecular flexibility index (Phi) is 5.81. The van der Waals surface area contributed by atoms with Crippen molar-refractivity contribution >= 4 is 22.2 Å². The Balaban J connectivity index is 1.72. The number of rotatable bonds is 7. The van der Waals surface area contributed by atoms with E-state index >= 15 is 0 Å². The summed E-state index contributed by atoms with van der Waals surface area (Å²) in [5, 5.41) is 0. The summed E-state index contributed by atoms with van der Waals surface area (Å²) >= 11 is 3.39. The van der Waals surface area contributed by atoms with Crippen molar-refractivity contribution in [3.05, 3.63) is 58.1 Å². The normalized spacial score (nSPS) is 10.2. The Labute approximate surface area is 133 Å². The molecule has 0 N–H and O–H groups in total. The highest BCUT2D eigenvalue weighted by molar-refractivity contribution is 9.10. The van der Waals surface area contributed by atoms with E-state index in [0.717, 1.165) is 28.7 Å². The van der Waals surface area contributed by atoms with Crippen LogP contribution in [0.25, 0.3) is 0 Å². The van der Waals surface area contributed by atoms with Crippen LogP contribution in [0.2, 0.25) is 0 Å². The van der Waals surface area contributed by atoms with Gasteiger partial charge in [-0.2, -0.15) is 0 Å². The van der Waals surface area contributed by atoms with Crippen molar-refractivity contribution in [3.8, 4) is 11.5 Å². The molecule has 0 fully saturated rings. The zero-order valence-electron chi connectivity index (χ0n) is 11.8. The maximum Gasteiger partial charge on any atom is 0.150 e. The molecule has 0 unspecified atom stereocenters. The average molecular weight is 349 g/mol. The van der Waals surface area contributed by atoms with Crippen LogP contribution >= 0.6 is 15.9 Å². The van der Waals surface area contributed by atoms with Gasteiger partial charge in [-0.3, -0.25) is 4.79 Å². The summed E-state index contributed by atoms with van der Waals surface area (Å²) < 4.78 is 12.1. The summed E-state index contributed by atoms with van der Waals surface area (Å²) in [6.45, 7) is 3.21. The smallest absolute Gasteiger partial charge is 0.150 e. The molecule has 110 valence electrons. The van der Waals surface area contributed by atoms with Crippen molar-refractivity contribution in [1.82, 2.24) is 0 Å². The monoisotopic (exact) mass is 348 g/mol. The standard InChI is InChI=1S/C17H17BrO3/c1-13-3-6-15(7-4-13)20-9-2-10-21-17-8-5-14(12-19)11-16(17)18/h3-8,11-12H,2,9-10H2,1H3. The molecule has 0 heterocycles. The maximum atomic E-state index is 10.6. The average Bonchev–Trinajstić information content (AvgIpc) is 2.50. The molecular formula is C17H17BrO3. The molecule has 0 aromatic heterocycles. The predicted octanol–water partition coefficient (Wildman–Crippen LogP) is 4.42. The molecule has 2 aromatic carbocycles. The van der Waals surface area contributed by atoms with E-state index in [2.05, 4.69) is 15.9 Å². The first-order valence-corrected chi connectivity index (χ1v) is 7.55. The summed E-state index contributed by atoms with van der Waals surface area (Å²) in [4.78, 5) is 10.6. The molecule has 2 rings (SSSR count). The molecule has 0 spiro atoms. The van der Waals surface area contributed by atoms with E-state index in [-0.39, 0.29) is 0 Å². The molecule has 4 heteroatoms. The van der Waals surface area contributed by atoms with Gasteiger partial charge in [-0.25, -0.2) is 0 Å². The fraction of sp³-hybridized carbons (Fsp3) is 0.235. The van der Waals surface area contributed by atoms with E-state index in [0.29, 0.717) is 18.8 Å². The summed E-state index contributed by atoms with van der Waals surface area (Å²) in [5.41, 5.74) is 1.84. The van der Waals surface area contributed by atoms with Crippen molar-refractivity contribution in [3.63, 3.8) is 0 Å². The Morgan fingerprint density at radius 1 is 1.05 bits per heavy atom. The number of halogens is 1. The quantitative estimate of drug-likeness (QED) is 0.548. The van der Waals surface area contributed by atoms with Crippen LogP contribution in [0.1, 0.15) is 22.3 Å². The molecule has 3 nitrogen and oxygen atoms in total. The number of aldehydes is 1. The van der Waals surface area contributed by atoms with E-state index in [4.69, 9.17) is 9.47 Å². The maximum absolute atomic E-state index is 10.6. The highest BCUT2D eigenvalue weighted by Crippen LogP contribution is 2.25. The van der Waals surface area contributed by atoms with Crippen LogP contribution in [0.3, 0.4) is 0 Å². The summed E-state index contributed by atoms with van der Waals surface area (Å²) in [6, 6.07) is 13.2. The van der Waals surface area contributed by atoms with Crippen LogP contribution in [0, 0.1) is 6.92 Å². The van der Waals surface area contributed by atoms with Gasteiger partial charge < -0.3 is 9.47 Å². The van der Waals surface area contributed by atoms with E-state index in [1.807, 2.05) is 31.2 Å². The topological polar surface area (TPSA) is 35.5 Å². The van der Waals surface area contributed by atoms with Crippen LogP contribution in [0.5, 0.6) is 11.5 Å². The second-order valence-corrected chi connectivity index (χ2v) is 5.53. The Hall–Kier alpha value is -1.81. The first kappa shape index (κ1) is 15.6. The number of aryl methyl sites for hydroxylation is 1. The lowest BCUT2D eigenvalue weighted by atomic mass is 10.2.